The summed E-state index contributed by atoms with van der Waals surface area (Å²) in [7, 11) is 0. The number of nitrogens with zero attached hydrogens (tertiary/aromatic N) is 1. The van der Waals surface area contributed by atoms with Crippen LogP contribution in [0.3, 0.4) is 0 Å². The van der Waals surface area contributed by atoms with Gasteiger partial charge in [-0.15, -0.1) is 6.42 Å². The Morgan fingerprint density at radius 3 is 2.56 bits per heavy atom. The van der Waals surface area contributed by atoms with E-state index in [4.69, 9.17) is 18.0 Å². The van der Waals surface area contributed by atoms with Gasteiger partial charge in [0.1, 0.15) is 5.02 Å². The van der Waals surface area contributed by atoms with Crippen molar-refractivity contribution in [3.05, 3.63) is 32.8 Å². The Morgan fingerprint density at radius 1 is 1.50 bits per heavy atom. The molecule has 1 unspecified atom stereocenters. The third-order valence-electron chi connectivity index (χ3n) is 2.65. The van der Waals surface area contributed by atoms with Crippen molar-refractivity contribution in [1.29, 1.82) is 0 Å². The molecular weight excluding hydrogens is 252 g/mol. The van der Waals surface area contributed by atoms with Gasteiger partial charge in [0.05, 0.1) is 11.0 Å². The van der Waals surface area contributed by atoms with Gasteiger partial charge in [0, 0.05) is 11.8 Å². The molecule has 96 valence electrons. The highest BCUT2D eigenvalue weighted by Gasteiger charge is 2.17. The van der Waals surface area contributed by atoms with E-state index in [9.17, 15) is 10.1 Å². The molecule has 1 aromatic rings. The highest BCUT2D eigenvalue weighted by Crippen LogP contribution is 2.31. The van der Waals surface area contributed by atoms with Crippen LogP contribution in [0.25, 0.3) is 0 Å². The van der Waals surface area contributed by atoms with Crippen LogP contribution in [0.1, 0.15) is 19.4 Å². The van der Waals surface area contributed by atoms with E-state index in [0.29, 0.717) is 0 Å². The first kappa shape index (κ1) is 14.3. The largest absolute Gasteiger partial charge is 0.371 e. The van der Waals surface area contributed by atoms with Crippen LogP contribution in [0.4, 0.5) is 11.4 Å². The van der Waals surface area contributed by atoms with E-state index in [0.717, 1.165) is 11.3 Å². The Hall–Kier alpha value is -1.73. The maximum Gasteiger partial charge on any atom is 0.288 e. The van der Waals surface area contributed by atoms with Crippen molar-refractivity contribution < 1.29 is 4.92 Å². The standard InChI is InChI=1S/C13H15ClN2O2/c1-5-11(8(2)3)15-12-7-10(14)13(16(17)18)6-9(12)4/h1,6-8,11,15H,2-4H3. The molecule has 1 atom stereocenters. The molecule has 0 saturated carbocycles. The normalized spacial score (nSPS) is 12.0. The summed E-state index contributed by atoms with van der Waals surface area (Å²) in [6.45, 7) is 5.78. The highest BCUT2D eigenvalue weighted by molar-refractivity contribution is 6.33. The van der Waals surface area contributed by atoms with Gasteiger partial charge < -0.3 is 5.32 Å². The van der Waals surface area contributed by atoms with Crippen molar-refractivity contribution >= 4 is 23.0 Å². The van der Waals surface area contributed by atoms with Crippen LogP contribution in [0, 0.1) is 35.3 Å². The van der Waals surface area contributed by atoms with Crippen LogP contribution in [0.5, 0.6) is 0 Å². The van der Waals surface area contributed by atoms with Crippen LogP contribution >= 0.6 is 11.6 Å². The SMILES string of the molecule is C#CC(Nc1cc(Cl)c([N+](=O)[O-])cc1C)C(C)C. The molecule has 0 bridgehead atoms. The van der Waals surface area contributed by atoms with Crippen LogP contribution in [-0.4, -0.2) is 11.0 Å². The number of halogens is 1. The fourth-order valence-corrected chi connectivity index (χ4v) is 1.76. The van der Waals surface area contributed by atoms with Gasteiger partial charge in [-0.3, -0.25) is 10.1 Å². The van der Waals surface area contributed by atoms with Crippen LogP contribution < -0.4 is 5.32 Å². The van der Waals surface area contributed by atoms with Crippen molar-refractivity contribution in [2.24, 2.45) is 5.92 Å². The molecule has 0 aliphatic carbocycles. The summed E-state index contributed by atoms with van der Waals surface area (Å²) in [4.78, 5) is 10.2. The lowest BCUT2D eigenvalue weighted by Gasteiger charge is -2.19. The predicted molar refractivity (Wildman–Crippen MR) is 73.9 cm³/mol. The maximum absolute atomic E-state index is 10.7. The van der Waals surface area contributed by atoms with Gasteiger partial charge in [0.15, 0.2) is 0 Å². The molecule has 0 saturated heterocycles. The first-order chi connectivity index (χ1) is 8.36. The van der Waals surface area contributed by atoms with E-state index >= 15 is 0 Å². The number of benzene rings is 1. The summed E-state index contributed by atoms with van der Waals surface area (Å²) in [5, 5.41) is 14.0. The van der Waals surface area contributed by atoms with E-state index < -0.39 is 4.92 Å². The molecule has 18 heavy (non-hydrogen) atoms. The van der Waals surface area contributed by atoms with Gasteiger partial charge in [-0.2, -0.15) is 0 Å². The summed E-state index contributed by atoms with van der Waals surface area (Å²) >= 11 is 5.87. The average Bonchev–Trinajstić information content (AvgIpc) is 2.28. The molecule has 1 aromatic carbocycles. The third kappa shape index (κ3) is 3.14. The molecule has 0 radical (unpaired) electrons. The van der Waals surface area contributed by atoms with Crippen molar-refractivity contribution in [3.8, 4) is 12.3 Å². The molecule has 0 spiro atoms. The lowest BCUT2D eigenvalue weighted by Crippen LogP contribution is -2.23. The minimum Gasteiger partial charge on any atom is -0.371 e. The van der Waals surface area contributed by atoms with E-state index in [1.807, 2.05) is 13.8 Å². The van der Waals surface area contributed by atoms with E-state index in [2.05, 4.69) is 11.2 Å². The van der Waals surface area contributed by atoms with Crippen molar-refractivity contribution in [3.63, 3.8) is 0 Å². The molecule has 0 aromatic heterocycles. The van der Waals surface area contributed by atoms with Gasteiger partial charge >= 0.3 is 0 Å². The minimum atomic E-state index is -0.500. The van der Waals surface area contributed by atoms with Gasteiger partial charge in [-0.05, 0) is 24.5 Å². The number of nitrogens with one attached hydrogen (secondary N) is 1. The lowest BCUT2D eigenvalue weighted by atomic mass is 10.0. The van der Waals surface area contributed by atoms with Gasteiger partial charge in [-0.25, -0.2) is 0 Å². The molecule has 0 heterocycles. The molecule has 5 heteroatoms. The number of aryl methyl sites for hydroxylation is 1. The van der Waals surface area contributed by atoms with E-state index in [1.54, 1.807) is 13.0 Å². The quantitative estimate of drug-likeness (QED) is 0.514. The fraction of sp³-hybridized carbons (Fsp3) is 0.385. The Morgan fingerprint density at radius 2 is 2.11 bits per heavy atom. The minimum absolute atomic E-state index is 0.0958. The zero-order valence-corrected chi connectivity index (χ0v) is 11.3. The summed E-state index contributed by atoms with van der Waals surface area (Å²) in [6.07, 6.45) is 5.43. The number of terminal acetylenes is 1. The molecule has 0 aliphatic heterocycles. The maximum atomic E-state index is 10.7. The summed E-state index contributed by atoms with van der Waals surface area (Å²) in [5.74, 6) is 2.90. The van der Waals surface area contributed by atoms with E-state index in [1.165, 1.54) is 6.07 Å². The number of hydrogen-bond acceptors (Lipinski definition) is 3. The molecular formula is C13H15ClN2O2. The fourth-order valence-electron chi connectivity index (χ4n) is 1.53. The zero-order chi connectivity index (χ0) is 13.9. The Kier molecular flexibility index (Phi) is 4.57. The second-order valence-corrected chi connectivity index (χ2v) is 4.82. The van der Waals surface area contributed by atoms with Gasteiger partial charge in [-0.1, -0.05) is 31.4 Å². The Labute approximate surface area is 111 Å². The van der Waals surface area contributed by atoms with Crippen LogP contribution in [-0.2, 0) is 0 Å². The first-order valence-corrected chi connectivity index (χ1v) is 5.91. The second kappa shape index (κ2) is 5.74. The molecule has 0 fully saturated rings. The zero-order valence-electron chi connectivity index (χ0n) is 10.5. The van der Waals surface area contributed by atoms with E-state index in [-0.39, 0.29) is 22.7 Å². The second-order valence-electron chi connectivity index (χ2n) is 4.41. The number of anilines is 1. The predicted octanol–water partition coefficient (Wildman–Crippen LogP) is 3.63. The molecule has 0 amide bonds. The first-order valence-electron chi connectivity index (χ1n) is 5.54. The number of nitro benzene ring substituents is 1. The summed E-state index contributed by atoms with van der Waals surface area (Å²) in [5.41, 5.74) is 1.37. The smallest absolute Gasteiger partial charge is 0.288 e. The van der Waals surface area contributed by atoms with Crippen LogP contribution in [0.2, 0.25) is 5.02 Å². The summed E-state index contributed by atoms with van der Waals surface area (Å²) in [6, 6.07) is 2.85. The molecule has 0 aliphatic rings. The Bertz CT molecular complexity index is 506. The molecule has 1 rings (SSSR count). The average molecular weight is 267 g/mol. The van der Waals surface area contributed by atoms with Crippen molar-refractivity contribution in [2.45, 2.75) is 26.8 Å². The topological polar surface area (TPSA) is 55.2 Å². The van der Waals surface area contributed by atoms with Crippen LogP contribution in [0.15, 0.2) is 12.1 Å². The van der Waals surface area contributed by atoms with Crippen molar-refractivity contribution in [1.82, 2.24) is 0 Å². The summed E-state index contributed by atoms with van der Waals surface area (Å²) < 4.78 is 0. The highest BCUT2D eigenvalue weighted by atomic mass is 35.5. The monoisotopic (exact) mass is 266 g/mol. The Balaban J connectivity index is 3.09. The number of nitro groups is 1. The third-order valence-corrected chi connectivity index (χ3v) is 2.95. The van der Waals surface area contributed by atoms with Gasteiger partial charge in [0.2, 0.25) is 0 Å². The number of hydrogen-bond donors (Lipinski definition) is 1. The van der Waals surface area contributed by atoms with Gasteiger partial charge in [0.25, 0.3) is 5.69 Å². The molecule has 4 nitrogen and oxygen atoms in total. The van der Waals surface area contributed by atoms with Crippen molar-refractivity contribution in [2.75, 3.05) is 5.32 Å². The lowest BCUT2D eigenvalue weighted by molar-refractivity contribution is -0.384. The number of rotatable bonds is 4. The molecule has 1 N–H and O–H groups in total.